The van der Waals surface area contributed by atoms with Gasteiger partial charge in [-0.3, -0.25) is 4.99 Å². The van der Waals surface area contributed by atoms with Crippen LogP contribution in [-0.4, -0.2) is 64.3 Å². The molecule has 1 saturated heterocycles. The molecule has 20 heavy (non-hydrogen) atoms. The zero-order chi connectivity index (χ0) is 13.9. The number of hydrogen-bond acceptors (Lipinski definition) is 3. The third kappa shape index (κ3) is 8.97. The highest BCUT2D eigenvalue weighted by Crippen LogP contribution is 2.14. The fourth-order valence-corrected chi connectivity index (χ4v) is 2.41. The minimum atomic E-state index is 0. The van der Waals surface area contributed by atoms with E-state index in [1.165, 1.54) is 25.9 Å². The maximum absolute atomic E-state index is 5.04. The van der Waals surface area contributed by atoms with Crippen molar-refractivity contribution < 1.29 is 4.74 Å². The second-order valence-electron chi connectivity index (χ2n) is 5.26. The lowest BCUT2D eigenvalue weighted by Crippen LogP contribution is -2.39. The number of nitrogens with zero attached hydrogens (tertiary/aromatic N) is 2. The van der Waals surface area contributed by atoms with Crippen LogP contribution in [0.3, 0.4) is 0 Å². The molecule has 1 aliphatic rings. The topological polar surface area (TPSA) is 48.9 Å². The number of aliphatic imine (C=N–C) groups is 1. The standard InChI is InChI=1S/C14H30N4O.HI/c1-4-15-14(16-8-6-10-19-3)17-11-13-7-5-9-18(2)12-13;/h13H,4-12H2,1-3H3,(H2,15,16,17);1H. The molecule has 0 aromatic carbocycles. The first-order valence-corrected chi connectivity index (χ1v) is 7.46. The maximum Gasteiger partial charge on any atom is 0.191 e. The van der Waals surface area contributed by atoms with Gasteiger partial charge in [-0.15, -0.1) is 24.0 Å². The van der Waals surface area contributed by atoms with E-state index in [4.69, 9.17) is 9.73 Å². The smallest absolute Gasteiger partial charge is 0.191 e. The summed E-state index contributed by atoms with van der Waals surface area (Å²) >= 11 is 0. The summed E-state index contributed by atoms with van der Waals surface area (Å²) in [6, 6.07) is 0. The Morgan fingerprint density at radius 3 is 2.85 bits per heavy atom. The van der Waals surface area contributed by atoms with Crippen LogP contribution in [0.15, 0.2) is 4.99 Å². The van der Waals surface area contributed by atoms with Gasteiger partial charge in [0.05, 0.1) is 0 Å². The van der Waals surface area contributed by atoms with Gasteiger partial charge in [-0.05, 0) is 45.7 Å². The van der Waals surface area contributed by atoms with Crippen molar-refractivity contribution in [2.24, 2.45) is 10.9 Å². The van der Waals surface area contributed by atoms with Gasteiger partial charge in [0.25, 0.3) is 0 Å². The Morgan fingerprint density at radius 2 is 2.20 bits per heavy atom. The number of rotatable bonds is 7. The SMILES string of the molecule is CCNC(=NCC1CCCN(C)C1)NCCCOC.I. The molecule has 0 bridgehead atoms. The molecule has 0 amide bonds. The molecule has 120 valence electrons. The van der Waals surface area contributed by atoms with Crippen LogP contribution in [0.25, 0.3) is 0 Å². The van der Waals surface area contributed by atoms with E-state index in [2.05, 4.69) is 29.5 Å². The normalized spacial score (nSPS) is 20.4. The van der Waals surface area contributed by atoms with Crippen LogP contribution in [0.4, 0.5) is 0 Å². The van der Waals surface area contributed by atoms with Crippen LogP contribution in [-0.2, 0) is 4.74 Å². The molecule has 0 aliphatic carbocycles. The van der Waals surface area contributed by atoms with Gasteiger partial charge in [-0.2, -0.15) is 0 Å². The van der Waals surface area contributed by atoms with Gasteiger partial charge in [0.15, 0.2) is 5.96 Å². The highest BCUT2D eigenvalue weighted by Gasteiger charge is 2.16. The Morgan fingerprint density at radius 1 is 1.40 bits per heavy atom. The molecule has 1 atom stereocenters. The molecule has 0 spiro atoms. The molecule has 1 fully saturated rings. The molecule has 0 aromatic rings. The molecule has 2 N–H and O–H groups in total. The lowest BCUT2D eigenvalue weighted by atomic mass is 9.99. The Labute approximate surface area is 140 Å². The van der Waals surface area contributed by atoms with Gasteiger partial charge in [0, 0.05) is 39.9 Å². The van der Waals surface area contributed by atoms with Crippen molar-refractivity contribution in [2.75, 3.05) is 53.5 Å². The number of guanidine groups is 1. The van der Waals surface area contributed by atoms with Gasteiger partial charge >= 0.3 is 0 Å². The number of methoxy groups -OCH3 is 1. The molecular formula is C14H31IN4O. The summed E-state index contributed by atoms with van der Waals surface area (Å²) in [5, 5.41) is 6.65. The van der Waals surface area contributed by atoms with E-state index in [0.29, 0.717) is 5.92 Å². The van der Waals surface area contributed by atoms with Crippen LogP contribution in [0, 0.1) is 5.92 Å². The quantitative estimate of drug-likeness (QED) is 0.296. The third-order valence-electron chi connectivity index (χ3n) is 3.39. The zero-order valence-electron chi connectivity index (χ0n) is 13.2. The first-order chi connectivity index (χ1) is 9.26. The van der Waals surface area contributed by atoms with E-state index < -0.39 is 0 Å². The van der Waals surface area contributed by atoms with Gasteiger partial charge in [-0.1, -0.05) is 0 Å². The fraction of sp³-hybridized carbons (Fsp3) is 0.929. The summed E-state index contributed by atoms with van der Waals surface area (Å²) in [7, 11) is 3.93. The molecule has 5 nitrogen and oxygen atoms in total. The summed E-state index contributed by atoms with van der Waals surface area (Å²) in [5.41, 5.74) is 0. The Balaban J connectivity index is 0.00000361. The molecule has 1 aliphatic heterocycles. The minimum Gasteiger partial charge on any atom is -0.385 e. The van der Waals surface area contributed by atoms with Gasteiger partial charge in [0.1, 0.15) is 0 Å². The van der Waals surface area contributed by atoms with Crippen molar-refractivity contribution in [3.63, 3.8) is 0 Å². The summed E-state index contributed by atoms with van der Waals surface area (Å²) in [5.74, 6) is 1.64. The largest absolute Gasteiger partial charge is 0.385 e. The number of likely N-dealkylation sites (tertiary alicyclic amines) is 1. The lowest BCUT2D eigenvalue weighted by molar-refractivity contribution is 0.195. The van der Waals surface area contributed by atoms with Gasteiger partial charge < -0.3 is 20.3 Å². The monoisotopic (exact) mass is 398 g/mol. The van der Waals surface area contributed by atoms with Gasteiger partial charge in [-0.25, -0.2) is 0 Å². The van der Waals surface area contributed by atoms with Crippen LogP contribution in [0.1, 0.15) is 26.2 Å². The maximum atomic E-state index is 5.04. The molecule has 0 saturated carbocycles. The third-order valence-corrected chi connectivity index (χ3v) is 3.39. The van der Waals surface area contributed by atoms with Crippen molar-refractivity contribution in [2.45, 2.75) is 26.2 Å². The molecular weight excluding hydrogens is 367 g/mol. The van der Waals surface area contributed by atoms with E-state index >= 15 is 0 Å². The van der Waals surface area contributed by atoms with Crippen LogP contribution in [0.5, 0.6) is 0 Å². The second kappa shape index (κ2) is 12.6. The van der Waals surface area contributed by atoms with Crippen molar-refractivity contribution in [1.29, 1.82) is 0 Å². The average molecular weight is 398 g/mol. The molecule has 0 aromatic heterocycles. The molecule has 1 rings (SSSR count). The first kappa shape index (κ1) is 19.9. The average Bonchev–Trinajstić information content (AvgIpc) is 2.41. The second-order valence-corrected chi connectivity index (χ2v) is 5.26. The number of hydrogen-bond donors (Lipinski definition) is 2. The van der Waals surface area contributed by atoms with Crippen LogP contribution >= 0.6 is 24.0 Å². The van der Waals surface area contributed by atoms with E-state index in [1.807, 2.05) is 0 Å². The highest BCUT2D eigenvalue weighted by atomic mass is 127. The van der Waals surface area contributed by atoms with Crippen molar-refractivity contribution >= 4 is 29.9 Å². The molecule has 1 heterocycles. The fourth-order valence-electron chi connectivity index (χ4n) is 2.41. The van der Waals surface area contributed by atoms with E-state index in [-0.39, 0.29) is 24.0 Å². The van der Waals surface area contributed by atoms with Gasteiger partial charge in [0.2, 0.25) is 0 Å². The minimum absolute atomic E-state index is 0. The predicted molar refractivity (Wildman–Crippen MR) is 96.1 cm³/mol. The van der Waals surface area contributed by atoms with E-state index in [1.54, 1.807) is 7.11 Å². The Kier molecular flexibility index (Phi) is 12.6. The first-order valence-electron chi connectivity index (χ1n) is 7.46. The lowest BCUT2D eigenvalue weighted by Gasteiger charge is -2.28. The number of piperidine rings is 1. The molecule has 1 unspecified atom stereocenters. The number of halogens is 1. The molecule has 0 radical (unpaired) electrons. The Bertz CT molecular complexity index is 264. The summed E-state index contributed by atoms with van der Waals surface area (Å²) in [6.07, 6.45) is 3.61. The number of nitrogens with one attached hydrogen (secondary N) is 2. The summed E-state index contributed by atoms with van der Waals surface area (Å²) in [4.78, 5) is 7.10. The molecule has 6 heteroatoms. The Hall–Kier alpha value is -0.0800. The van der Waals surface area contributed by atoms with Crippen LogP contribution in [0.2, 0.25) is 0 Å². The van der Waals surface area contributed by atoms with E-state index in [0.717, 1.165) is 38.6 Å². The zero-order valence-corrected chi connectivity index (χ0v) is 15.5. The van der Waals surface area contributed by atoms with Crippen molar-refractivity contribution in [1.82, 2.24) is 15.5 Å². The van der Waals surface area contributed by atoms with Crippen molar-refractivity contribution in [3.05, 3.63) is 0 Å². The summed E-state index contributed by atoms with van der Waals surface area (Å²) in [6.45, 7) is 8.03. The summed E-state index contributed by atoms with van der Waals surface area (Å²) < 4.78 is 5.04. The predicted octanol–water partition coefficient (Wildman–Crippen LogP) is 1.54. The van der Waals surface area contributed by atoms with Crippen molar-refractivity contribution in [3.8, 4) is 0 Å². The van der Waals surface area contributed by atoms with Crippen LogP contribution < -0.4 is 10.6 Å². The number of ether oxygens (including phenoxy) is 1. The van der Waals surface area contributed by atoms with E-state index in [9.17, 15) is 0 Å². The highest BCUT2D eigenvalue weighted by molar-refractivity contribution is 14.0.